The van der Waals surface area contributed by atoms with Gasteiger partial charge in [0, 0.05) is 0 Å². The Morgan fingerprint density at radius 1 is 0.641 bits per heavy atom. The van der Waals surface area contributed by atoms with E-state index in [1.807, 2.05) is 0 Å². The summed E-state index contributed by atoms with van der Waals surface area (Å²) in [5.74, 6) is 0. The molecule has 0 radical (unpaired) electrons. The summed E-state index contributed by atoms with van der Waals surface area (Å²) in [6, 6.07) is 33.9. The average molecular weight is 544 g/mol. The fourth-order valence-electron chi connectivity index (χ4n) is 6.59. The first-order valence-corrected chi connectivity index (χ1v) is 16.7. The highest BCUT2D eigenvalue weighted by Gasteiger charge is 2.46. The number of hydrogen-bond donors (Lipinski definition) is 1. The van der Waals surface area contributed by atoms with E-state index in [0.717, 1.165) is 6.04 Å². The lowest BCUT2D eigenvalue weighted by Crippen LogP contribution is -2.66. The first-order chi connectivity index (χ1) is 18.6. The zero-order valence-electron chi connectivity index (χ0n) is 25.9. The van der Waals surface area contributed by atoms with Crippen LogP contribution in [-0.2, 0) is 11.1 Å². The normalized spacial score (nSPS) is 15.1. The van der Waals surface area contributed by atoms with Gasteiger partial charge in [-0.05, 0) is 54.4 Å². The van der Waals surface area contributed by atoms with Gasteiger partial charge in [0.15, 0.2) is 0 Å². The Labute approximate surface area is 244 Å². The highest BCUT2D eigenvalue weighted by molar-refractivity contribution is 7.97. The molecule has 1 fully saturated rings. The number of rotatable bonds is 8. The molecule has 0 saturated heterocycles. The second-order valence-corrected chi connectivity index (χ2v) is 16.7. The van der Waals surface area contributed by atoms with Crippen molar-refractivity contribution >= 4 is 33.6 Å². The molecule has 1 nitrogen and oxygen atoms in total. The van der Waals surface area contributed by atoms with Gasteiger partial charge in [0.2, 0.25) is 0 Å². The van der Waals surface area contributed by atoms with E-state index < -0.39 is 6.15 Å². The van der Waals surface area contributed by atoms with Crippen LogP contribution in [0, 0.1) is 0 Å². The standard InChI is InChI=1S/C22H24B.C14H30NS/c1-2-3-19-23(20-13-7-4-8-14-20,21-15-9-5-10-16-21)22-17-11-6-12-18-22;1-13(2,3)16(14(4,5)6)15-12-10-8-7-9-11-12/h4-18H,2-3,19H2,1H3;12,15H,7-11H2,1-6H3/q-1;+1. The molecule has 0 bridgehead atoms. The van der Waals surface area contributed by atoms with E-state index in [1.165, 1.54) is 67.7 Å². The molecule has 0 unspecified atom stereocenters. The summed E-state index contributed by atoms with van der Waals surface area (Å²) in [5.41, 5.74) is 4.33. The zero-order valence-corrected chi connectivity index (χ0v) is 26.7. The fourth-order valence-corrected chi connectivity index (χ4v) is 9.70. The number of hydrogen-bond acceptors (Lipinski definition) is 1. The van der Waals surface area contributed by atoms with Crippen molar-refractivity contribution in [2.24, 2.45) is 0 Å². The molecule has 0 atom stereocenters. The molecular weight excluding hydrogens is 489 g/mol. The van der Waals surface area contributed by atoms with E-state index in [9.17, 15) is 0 Å². The number of benzene rings is 3. The molecule has 39 heavy (non-hydrogen) atoms. The topological polar surface area (TPSA) is 12.0 Å². The summed E-state index contributed by atoms with van der Waals surface area (Å²) in [6.45, 7) is 16.5. The fraction of sp³-hybridized carbons (Fsp3) is 0.500. The molecule has 0 aromatic heterocycles. The Morgan fingerprint density at radius 3 is 1.36 bits per heavy atom. The van der Waals surface area contributed by atoms with Crippen molar-refractivity contribution in [3.63, 3.8) is 0 Å². The first-order valence-electron chi connectivity index (χ1n) is 15.4. The minimum atomic E-state index is -0.913. The SMILES string of the molecule is CC(C)(C)[S+](NC1CCCCC1)C(C)(C)C.CCCC[B-](c1ccccc1)(c1ccccc1)c1ccccc1. The predicted octanol–water partition coefficient (Wildman–Crippen LogP) is 8.00. The summed E-state index contributed by atoms with van der Waals surface area (Å²) in [5, 5.41) is 0. The van der Waals surface area contributed by atoms with Crippen molar-refractivity contribution in [2.45, 2.75) is 115 Å². The van der Waals surface area contributed by atoms with Gasteiger partial charge in [0.25, 0.3) is 0 Å². The second kappa shape index (κ2) is 14.6. The summed E-state index contributed by atoms with van der Waals surface area (Å²) < 4.78 is 4.71. The van der Waals surface area contributed by atoms with Crippen LogP contribution in [0.3, 0.4) is 0 Å². The number of unbranched alkanes of at least 4 members (excludes halogenated alkanes) is 1. The molecule has 0 amide bonds. The van der Waals surface area contributed by atoms with Crippen molar-refractivity contribution in [3.8, 4) is 0 Å². The molecule has 3 heteroatoms. The summed E-state index contributed by atoms with van der Waals surface area (Å²) in [4.78, 5) is 0. The van der Waals surface area contributed by atoms with Gasteiger partial charge in [-0.2, -0.15) is 22.7 Å². The smallest absolute Gasteiger partial charge is 0.139 e. The van der Waals surface area contributed by atoms with Gasteiger partial charge < -0.3 is 0 Å². The third-order valence-corrected chi connectivity index (χ3v) is 11.2. The molecule has 1 aliphatic carbocycles. The third kappa shape index (κ3) is 8.76. The molecule has 0 aliphatic heterocycles. The molecule has 212 valence electrons. The molecular formula is C36H54BNS. The highest BCUT2D eigenvalue weighted by Crippen LogP contribution is 2.31. The van der Waals surface area contributed by atoms with Crippen LogP contribution in [0.5, 0.6) is 0 Å². The van der Waals surface area contributed by atoms with Crippen molar-refractivity contribution in [1.29, 1.82) is 0 Å². The maximum absolute atomic E-state index is 3.96. The Hall–Kier alpha value is -1.97. The number of nitrogens with one attached hydrogen (secondary N) is 1. The van der Waals surface area contributed by atoms with Crippen molar-refractivity contribution in [1.82, 2.24) is 4.72 Å². The Balaban J connectivity index is 0.000000231. The van der Waals surface area contributed by atoms with E-state index in [0.29, 0.717) is 20.6 Å². The summed E-state index contributed by atoms with van der Waals surface area (Å²) in [7, 11) is 0. The highest BCUT2D eigenvalue weighted by atomic mass is 32.2. The first kappa shape index (κ1) is 31.6. The second-order valence-electron chi connectivity index (χ2n) is 13.4. The Bertz CT molecular complexity index is 953. The molecule has 3 aromatic rings. The zero-order chi connectivity index (χ0) is 28.4. The monoisotopic (exact) mass is 543 g/mol. The molecule has 4 rings (SSSR count). The van der Waals surface area contributed by atoms with Gasteiger partial charge in [-0.1, -0.05) is 130 Å². The predicted molar refractivity (Wildman–Crippen MR) is 181 cm³/mol. The molecule has 1 aliphatic rings. The maximum atomic E-state index is 3.96. The lowest BCUT2D eigenvalue weighted by molar-refractivity contribution is 0.417. The van der Waals surface area contributed by atoms with Crippen LogP contribution in [-0.4, -0.2) is 21.7 Å². The molecule has 0 heterocycles. The van der Waals surface area contributed by atoms with Crippen LogP contribution >= 0.6 is 0 Å². The van der Waals surface area contributed by atoms with Gasteiger partial charge in [-0.25, -0.2) is 0 Å². The largest absolute Gasteiger partial charge is 0.200 e. The lowest BCUT2D eigenvalue weighted by Gasteiger charge is -2.43. The van der Waals surface area contributed by atoms with Crippen LogP contribution in [0.25, 0.3) is 0 Å². The van der Waals surface area contributed by atoms with E-state index in [-0.39, 0.29) is 0 Å². The van der Waals surface area contributed by atoms with Crippen LogP contribution in [0.2, 0.25) is 6.32 Å². The maximum Gasteiger partial charge on any atom is 0.139 e. The minimum absolute atomic E-state index is 0.293. The van der Waals surface area contributed by atoms with Gasteiger partial charge in [-0.15, -0.1) is 4.72 Å². The van der Waals surface area contributed by atoms with E-state index in [1.54, 1.807) is 0 Å². The lowest BCUT2D eigenvalue weighted by atomic mass is 9.14. The molecule has 3 aromatic carbocycles. The minimum Gasteiger partial charge on any atom is -0.200 e. The summed E-state index contributed by atoms with van der Waals surface area (Å²) in [6.07, 6.45) is 9.78. The van der Waals surface area contributed by atoms with E-state index in [4.69, 9.17) is 0 Å². The average Bonchev–Trinajstić information content (AvgIpc) is 2.94. The van der Waals surface area contributed by atoms with E-state index >= 15 is 0 Å². The van der Waals surface area contributed by atoms with E-state index in [2.05, 4.69) is 144 Å². The third-order valence-electron chi connectivity index (χ3n) is 8.21. The molecule has 1 saturated carbocycles. The Morgan fingerprint density at radius 2 is 1.03 bits per heavy atom. The van der Waals surface area contributed by atoms with Gasteiger partial charge in [0.1, 0.15) is 9.49 Å². The van der Waals surface area contributed by atoms with Crippen molar-refractivity contribution in [2.75, 3.05) is 0 Å². The van der Waals surface area contributed by atoms with Crippen LogP contribution in [0.1, 0.15) is 93.4 Å². The molecule has 1 N–H and O–H groups in total. The summed E-state index contributed by atoms with van der Waals surface area (Å²) >= 11 is 0.293. The van der Waals surface area contributed by atoms with Gasteiger partial charge >= 0.3 is 0 Å². The van der Waals surface area contributed by atoms with Gasteiger partial charge in [-0.3, -0.25) is 0 Å². The van der Waals surface area contributed by atoms with Crippen LogP contribution in [0.15, 0.2) is 91.0 Å². The van der Waals surface area contributed by atoms with Crippen LogP contribution < -0.4 is 21.1 Å². The van der Waals surface area contributed by atoms with Crippen LogP contribution in [0.4, 0.5) is 0 Å². The molecule has 0 spiro atoms. The van der Waals surface area contributed by atoms with Crippen molar-refractivity contribution in [3.05, 3.63) is 91.0 Å². The van der Waals surface area contributed by atoms with Crippen molar-refractivity contribution < 1.29 is 0 Å². The Kier molecular flexibility index (Phi) is 11.8. The van der Waals surface area contributed by atoms with Gasteiger partial charge in [0.05, 0.1) is 23.3 Å². The quantitative estimate of drug-likeness (QED) is 0.224.